The first-order valence-electron chi connectivity index (χ1n) is 10.9. The number of aliphatic hydroxyl groups excluding tert-OH is 1. The van der Waals surface area contributed by atoms with E-state index in [1.54, 1.807) is 0 Å². The molecular weight excluding hydrogens is 476 g/mol. The van der Waals surface area contributed by atoms with Crippen molar-refractivity contribution in [1.82, 2.24) is 9.80 Å². The van der Waals surface area contributed by atoms with Gasteiger partial charge in [-0.2, -0.15) is 0 Å². The zero-order valence-corrected chi connectivity index (χ0v) is 20.1. The SMILES string of the molecule is O=C(O)/C=C/C(=O)O.OCCCN1CCN(C2=Cc3ccccc3Sc3ccc(Cl)cc32)CC1. The number of fused-ring (bicyclic) bond motifs is 2. The largest absolute Gasteiger partial charge is 0.478 e. The Morgan fingerprint density at radius 1 is 0.971 bits per heavy atom. The van der Waals surface area contributed by atoms with Crippen molar-refractivity contribution in [3.05, 3.63) is 70.8 Å². The van der Waals surface area contributed by atoms with Gasteiger partial charge >= 0.3 is 11.9 Å². The van der Waals surface area contributed by atoms with E-state index in [0.29, 0.717) is 12.2 Å². The lowest BCUT2D eigenvalue weighted by Crippen LogP contribution is -2.45. The van der Waals surface area contributed by atoms with Crippen LogP contribution < -0.4 is 0 Å². The van der Waals surface area contributed by atoms with E-state index in [0.717, 1.165) is 44.2 Å². The number of hydrogen-bond acceptors (Lipinski definition) is 6. The highest BCUT2D eigenvalue weighted by Gasteiger charge is 2.24. The third-order valence-electron chi connectivity index (χ3n) is 5.36. The first-order valence-corrected chi connectivity index (χ1v) is 12.1. The number of carbonyl (C=O) groups is 2. The van der Waals surface area contributed by atoms with E-state index in [-0.39, 0.29) is 6.61 Å². The monoisotopic (exact) mass is 502 g/mol. The van der Waals surface area contributed by atoms with Crippen LogP contribution in [0.4, 0.5) is 0 Å². The van der Waals surface area contributed by atoms with E-state index in [1.165, 1.54) is 26.6 Å². The molecule has 1 saturated heterocycles. The molecule has 2 aromatic rings. The summed E-state index contributed by atoms with van der Waals surface area (Å²) in [7, 11) is 0. The van der Waals surface area contributed by atoms with Crippen LogP contribution in [0.25, 0.3) is 11.8 Å². The molecule has 2 aliphatic rings. The van der Waals surface area contributed by atoms with Crippen molar-refractivity contribution < 1.29 is 24.9 Å². The van der Waals surface area contributed by atoms with E-state index in [1.807, 2.05) is 17.8 Å². The highest BCUT2D eigenvalue weighted by Crippen LogP contribution is 2.42. The first kappa shape index (κ1) is 25.8. The molecule has 34 heavy (non-hydrogen) atoms. The number of nitrogens with zero attached hydrogens (tertiary/aromatic N) is 2. The molecule has 0 amide bonds. The summed E-state index contributed by atoms with van der Waals surface area (Å²) in [6, 6.07) is 14.8. The molecular formula is C25H27ClN2O5S. The summed E-state index contributed by atoms with van der Waals surface area (Å²) >= 11 is 8.15. The number of piperazine rings is 1. The molecule has 3 N–H and O–H groups in total. The van der Waals surface area contributed by atoms with Crippen molar-refractivity contribution in [3.63, 3.8) is 0 Å². The Morgan fingerprint density at radius 2 is 1.65 bits per heavy atom. The fraction of sp³-hybridized carbons (Fsp3) is 0.280. The fourth-order valence-corrected chi connectivity index (χ4v) is 4.95. The van der Waals surface area contributed by atoms with E-state index < -0.39 is 11.9 Å². The standard InChI is InChI=1S/C21H23ClN2OS.C4H4O4/c22-17-6-7-21-18(15-17)19(14-16-4-1-2-5-20(16)26-21)24-11-9-23(10-12-24)8-3-13-25;5-3(6)1-2-4(7)8/h1-2,4-7,14-15,25H,3,8-13H2;1-2H,(H,5,6)(H,7,8)/b;2-1+. The van der Waals surface area contributed by atoms with Gasteiger partial charge < -0.3 is 20.2 Å². The Morgan fingerprint density at radius 3 is 2.29 bits per heavy atom. The van der Waals surface area contributed by atoms with Crippen LogP contribution in [0, 0.1) is 0 Å². The van der Waals surface area contributed by atoms with Crippen molar-refractivity contribution >= 4 is 47.1 Å². The van der Waals surface area contributed by atoms with Gasteiger partial charge in [0.15, 0.2) is 0 Å². The summed E-state index contributed by atoms with van der Waals surface area (Å²) in [5.74, 6) is -2.51. The Hall–Kier alpha value is -2.78. The molecule has 1 fully saturated rings. The molecule has 0 aliphatic carbocycles. The lowest BCUT2D eigenvalue weighted by molar-refractivity contribution is -0.134. The van der Waals surface area contributed by atoms with Crippen LogP contribution in [-0.2, 0) is 9.59 Å². The van der Waals surface area contributed by atoms with Crippen LogP contribution in [0.3, 0.4) is 0 Å². The van der Waals surface area contributed by atoms with Crippen molar-refractivity contribution in [2.45, 2.75) is 16.2 Å². The minimum absolute atomic E-state index is 0.269. The molecule has 180 valence electrons. The third kappa shape index (κ3) is 7.36. The molecule has 0 saturated carbocycles. The summed E-state index contributed by atoms with van der Waals surface area (Å²) in [4.78, 5) is 26.6. The maximum absolute atomic E-state index is 9.55. The molecule has 0 atom stereocenters. The Labute approximate surface area is 207 Å². The zero-order valence-electron chi connectivity index (χ0n) is 18.6. The van der Waals surface area contributed by atoms with Crippen molar-refractivity contribution in [1.29, 1.82) is 0 Å². The molecule has 2 aliphatic heterocycles. The number of hydrogen-bond donors (Lipinski definition) is 3. The highest BCUT2D eigenvalue weighted by atomic mass is 35.5. The van der Waals surface area contributed by atoms with Crippen LogP contribution in [0.1, 0.15) is 17.5 Å². The maximum Gasteiger partial charge on any atom is 0.328 e. The van der Waals surface area contributed by atoms with Crippen LogP contribution in [-0.4, -0.2) is 76.4 Å². The number of aliphatic carboxylic acids is 2. The normalized spacial score (nSPS) is 15.5. The number of carboxylic acid groups (broad SMARTS) is 2. The number of benzene rings is 2. The number of halogens is 1. The van der Waals surface area contributed by atoms with Gasteiger partial charge in [0.1, 0.15) is 0 Å². The topological polar surface area (TPSA) is 101 Å². The van der Waals surface area contributed by atoms with Gasteiger partial charge in [-0.3, -0.25) is 4.90 Å². The van der Waals surface area contributed by atoms with Crippen LogP contribution in [0.2, 0.25) is 5.02 Å². The quantitative estimate of drug-likeness (QED) is 0.509. The Balaban J connectivity index is 0.000000350. The van der Waals surface area contributed by atoms with Gasteiger partial charge in [0, 0.05) is 77.6 Å². The van der Waals surface area contributed by atoms with Gasteiger partial charge in [0.25, 0.3) is 0 Å². The van der Waals surface area contributed by atoms with E-state index in [4.69, 9.17) is 26.9 Å². The van der Waals surface area contributed by atoms with Gasteiger partial charge in [-0.1, -0.05) is 41.6 Å². The van der Waals surface area contributed by atoms with Gasteiger partial charge in [0.2, 0.25) is 0 Å². The third-order valence-corrected chi connectivity index (χ3v) is 6.77. The average molecular weight is 503 g/mol. The molecule has 0 bridgehead atoms. The van der Waals surface area contributed by atoms with Gasteiger partial charge in [-0.05, 0) is 42.3 Å². The Kier molecular flexibility index (Phi) is 9.59. The molecule has 0 spiro atoms. The molecule has 0 radical (unpaired) electrons. The molecule has 7 nitrogen and oxygen atoms in total. The van der Waals surface area contributed by atoms with Crippen molar-refractivity contribution in [2.75, 3.05) is 39.3 Å². The molecule has 0 unspecified atom stereocenters. The summed E-state index contributed by atoms with van der Waals surface area (Å²) in [5.41, 5.74) is 3.76. The van der Waals surface area contributed by atoms with Crippen molar-refractivity contribution in [3.8, 4) is 0 Å². The summed E-state index contributed by atoms with van der Waals surface area (Å²) in [5, 5.41) is 25.5. The maximum atomic E-state index is 9.55. The smallest absolute Gasteiger partial charge is 0.328 e. The highest BCUT2D eigenvalue weighted by molar-refractivity contribution is 7.99. The molecule has 0 aromatic heterocycles. The second-order valence-electron chi connectivity index (χ2n) is 7.73. The van der Waals surface area contributed by atoms with Gasteiger partial charge in [-0.15, -0.1) is 0 Å². The molecule has 2 heterocycles. The second-order valence-corrected chi connectivity index (χ2v) is 9.25. The first-order chi connectivity index (χ1) is 16.4. The fourth-order valence-electron chi connectivity index (χ4n) is 3.74. The van der Waals surface area contributed by atoms with Crippen LogP contribution in [0.5, 0.6) is 0 Å². The lowest BCUT2D eigenvalue weighted by Gasteiger charge is -2.37. The molecule has 2 aromatic carbocycles. The van der Waals surface area contributed by atoms with E-state index >= 15 is 0 Å². The van der Waals surface area contributed by atoms with E-state index in [9.17, 15) is 9.59 Å². The number of rotatable bonds is 6. The van der Waals surface area contributed by atoms with Crippen LogP contribution in [0.15, 0.2) is 64.4 Å². The predicted molar refractivity (Wildman–Crippen MR) is 134 cm³/mol. The number of aliphatic hydroxyl groups is 1. The van der Waals surface area contributed by atoms with Crippen LogP contribution >= 0.6 is 23.4 Å². The predicted octanol–water partition coefficient (Wildman–Crippen LogP) is 4.01. The summed E-state index contributed by atoms with van der Waals surface area (Å²) < 4.78 is 0. The molecule has 4 rings (SSSR count). The average Bonchev–Trinajstić information content (AvgIpc) is 2.99. The van der Waals surface area contributed by atoms with E-state index in [2.05, 4.69) is 52.3 Å². The zero-order chi connectivity index (χ0) is 24.5. The molecule has 9 heteroatoms. The summed E-state index contributed by atoms with van der Waals surface area (Å²) in [6.45, 7) is 5.30. The minimum atomic E-state index is -1.26. The number of carboxylic acids is 2. The van der Waals surface area contributed by atoms with Crippen molar-refractivity contribution in [2.24, 2.45) is 0 Å². The Bertz CT molecular complexity index is 1060. The summed E-state index contributed by atoms with van der Waals surface area (Å²) in [6.07, 6.45) is 4.28. The second kappa shape index (κ2) is 12.6. The lowest BCUT2D eigenvalue weighted by atomic mass is 10.1. The van der Waals surface area contributed by atoms with Gasteiger partial charge in [-0.25, -0.2) is 9.59 Å². The van der Waals surface area contributed by atoms with Gasteiger partial charge in [0.05, 0.1) is 0 Å². The minimum Gasteiger partial charge on any atom is -0.478 e.